The fourth-order valence-corrected chi connectivity index (χ4v) is 10.4. The molecule has 228 valence electrons. The quantitative estimate of drug-likeness (QED) is 0.0242. The van der Waals surface area contributed by atoms with Crippen molar-refractivity contribution in [3.63, 3.8) is 0 Å². The summed E-state index contributed by atoms with van der Waals surface area (Å²) in [4.78, 5) is 40.2. The van der Waals surface area contributed by atoms with Gasteiger partial charge in [0.05, 0.1) is 58.2 Å². The SMILES string of the molecule is O=C(NCSCSC/N=C\S(=O)CSCSCSCSC(=O)NCSCSC/N=C\OOCCO)OCCO. The van der Waals surface area contributed by atoms with Crippen molar-refractivity contribution >= 4 is 128 Å². The Morgan fingerprint density at radius 2 is 1.44 bits per heavy atom. The number of thioether (sulfide) groups is 8. The molecule has 0 bridgehead atoms. The van der Waals surface area contributed by atoms with E-state index in [9.17, 15) is 13.8 Å². The van der Waals surface area contributed by atoms with Crippen molar-refractivity contribution in [1.29, 1.82) is 0 Å². The molecule has 0 radical (unpaired) electrons. The Labute approximate surface area is 265 Å². The highest BCUT2D eigenvalue weighted by Gasteiger charge is 2.03. The molecule has 2 amide bonds. The maximum absolute atomic E-state index is 11.9. The van der Waals surface area contributed by atoms with Gasteiger partial charge in [-0.2, -0.15) is 4.89 Å². The number of nitrogens with one attached hydrogen (secondary N) is 2. The Kier molecular flexibility index (Phi) is 33.8. The number of ether oxygens (including phenoxy) is 1. The number of carbonyl (C=O) groups excluding carboxylic acids is 2. The van der Waals surface area contributed by atoms with Crippen LogP contribution in [0.2, 0.25) is 0 Å². The normalized spacial score (nSPS) is 12.2. The van der Waals surface area contributed by atoms with Crippen LogP contribution in [-0.4, -0.2) is 118 Å². The van der Waals surface area contributed by atoms with Crippen molar-refractivity contribution in [2.45, 2.75) is 0 Å². The number of aliphatic imine (C=N–C) groups is 2. The third kappa shape index (κ3) is 33.1. The highest BCUT2D eigenvalue weighted by molar-refractivity contribution is 8.29. The first kappa shape index (κ1) is 39.7. The molecule has 39 heavy (non-hydrogen) atoms. The molecule has 0 saturated heterocycles. The van der Waals surface area contributed by atoms with Gasteiger partial charge in [0.15, 0.2) is 0 Å². The largest absolute Gasteiger partial charge is 0.447 e. The van der Waals surface area contributed by atoms with Gasteiger partial charge in [-0.3, -0.25) is 14.0 Å². The summed E-state index contributed by atoms with van der Waals surface area (Å²) in [5.74, 6) is 1.96. The van der Waals surface area contributed by atoms with E-state index in [1.165, 1.54) is 35.5 Å². The smallest absolute Gasteiger partial charge is 0.407 e. The maximum atomic E-state index is 11.9. The van der Waals surface area contributed by atoms with Crippen LogP contribution in [0.3, 0.4) is 0 Å². The van der Waals surface area contributed by atoms with Crippen molar-refractivity contribution in [3.05, 3.63) is 0 Å². The van der Waals surface area contributed by atoms with Gasteiger partial charge >= 0.3 is 6.09 Å². The van der Waals surface area contributed by atoms with E-state index in [4.69, 9.17) is 10.2 Å². The van der Waals surface area contributed by atoms with E-state index in [0.717, 1.165) is 20.3 Å². The van der Waals surface area contributed by atoms with Crippen LogP contribution in [0, 0.1) is 0 Å². The van der Waals surface area contributed by atoms with Crippen molar-refractivity contribution in [1.82, 2.24) is 10.6 Å². The number of rotatable bonds is 27. The van der Waals surface area contributed by atoms with E-state index in [0.29, 0.717) is 33.7 Å². The second kappa shape index (κ2) is 33.2. The minimum atomic E-state index is -1.11. The number of aliphatic hydroxyl groups is 2. The summed E-state index contributed by atoms with van der Waals surface area (Å²) in [6, 6.07) is 0. The zero-order chi connectivity index (χ0) is 28.7. The van der Waals surface area contributed by atoms with Gasteiger partial charge in [0.25, 0.3) is 5.24 Å². The zero-order valence-electron chi connectivity index (χ0n) is 21.0. The predicted molar refractivity (Wildman–Crippen MR) is 179 cm³/mol. The van der Waals surface area contributed by atoms with Crippen LogP contribution in [0.4, 0.5) is 9.59 Å². The van der Waals surface area contributed by atoms with Crippen molar-refractivity contribution in [2.75, 3.05) is 80.4 Å². The third-order valence-electron chi connectivity index (χ3n) is 2.99. The second-order valence-corrected chi connectivity index (χ2v) is 17.2. The van der Waals surface area contributed by atoms with E-state index >= 15 is 0 Å². The minimum absolute atomic E-state index is 0.0194. The van der Waals surface area contributed by atoms with Gasteiger partial charge in [-0.25, -0.2) is 9.79 Å². The van der Waals surface area contributed by atoms with E-state index < -0.39 is 16.9 Å². The van der Waals surface area contributed by atoms with E-state index in [2.05, 4.69) is 35.1 Å². The predicted octanol–water partition coefficient (Wildman–Crippen LogP) is 3.60. The van der Waals surface area contributed by atoms with Gasteiger partial charge in [0.2, 0.25) is 6.40 Å². The van der Waals surface area contributed by atoms with E-state index in [-0.39, 0.29) is 31.7 Å². The van der Waals surface area contributed by atoms with Crippen LogP contribution in [0.1, 0.15) is 0 Å². The number of nitrogens with zero attached hydrogens (tertiary/aromatic N) is 2. The number of hydrogen-bond acceptors (Lipinski definition) is 18. The van der Waals surface area contributed by atoms with Crippen LogP contribution in [0.25, 0.3) is 0 Å². The lowest BCUT2D eigenvalue weighted by Gasteiger charge is -2.05. The molecule has 0 heterocycles. The third-order valence-corrected chi connectivity index (χ3v) is 13.2. The molecular formula is C18H34N4O8S9. The molecule has 0 rings (SSSR count). The molecule has 0 aromatic rings. The Morgan fingerprint density at radius 3 is 2.18 bits per heavy atom. The summed E-state index contributed by atoms with van der Waals surface area (Å²) < 4.78 is 16.6. The Hall–Kier alpha value is 0.710. The summed E-state index contributed by atoms with van der Waals surface area (Å²) >= 11 is 12.5. The molecule has 1 unspecified atom stereocenters. The number of hydrogen-bond donors (Lipinski definition) is 4. The topological polar surface area (TPSA) is 168 Å². The number of aliphatic hydroxyl groups excluding tert-OH is 2. The molecular weight excluding hydrogens is 689 g/mol. The monoisotopic (exact) mass is 722 g/mol. The molecule has 0 saturated carbocycles. The van der Waals surface area contributed by atoms with Crippen LogP contribution in [0.15, 0.2) is 9.98 Å². The Bertz CT molecular complexity index is 686. The van der Waals surface area contributed by atoms with Gasteiger partial charge in [0.1, 0.15) is 13.2 Å². The lowest BCUT2D eigenvalue weighted by molar-refractivity contribution is -0.221. The van der Waals surface area contributed by atoms with Gasteiger partial charge in [-0.05, 0) is 0 Å². The van der Waals surface area contributed by atoms with Gasteiger partial charge in [0, 0.05) is 25.4 Å². The molecule has 1 atom stereocenters. The summed E-state index contributed by atoms with van der Waals surface area (Å²) in [7, 11) is -1.11. The average Bonchev–Trinajstić information content (AvgIpc) is 2.93. The minimum Gasteiger partial charge on any atom is -0.447 e. The van der Waals surface area contributed by atoms with E-state index in [1.807, 2.05) is 0 Å². The zero-order valence-corrected chi connectivity index (χ0v) is 28.3. The van der Waals surface area contributed by atoms with E-state index in [1.54, 1.807) is 70.6 Å². The summed E-state index contributed by atoms with van der Waals surface area (Å²) in [5.41, 5.74) is 1.47. The Morgan fingerprint density at radius 1 is 0.795 bits per heavy atom. The average molecular weight is 723 g/mol. The highest BCUT2D eigenvalue weighted by Crippen LogP contribution is 2.22. The lowest BCUT2D eigenvalue weighted by Crippen LogP contribution is -2.24. The molecule has 0 aliphatic rings. The molecule has 21 heteroatoms. The van der Waals surface area contributed by atoms with Crippen LogP contribution >= 0.6 is 94.1 Å². The van der Waals surface area contributed by atoms with Crippen molar-refractivity contribution in [3.8, 4) is 0 Å². The standard InChI is InChI=1S/C18H34N4O8S9/c23-1-3-28-17(25)21-8-33-12-32-7-20-10-39(27)16-37-14-35-13-36-15-38-18(26)22-9-34-11-31-6-19-5-30-29-4-2-24/h5,10,23-24H,1-4,6-9,11-16H2,(H,21,25)(H,22,26)/b19-5-,20-10-. The van der Waals surface area contributed by atoms with Gasteiger partial charge in [-0.1, -0.05) is 11.8 Å². The summed E-state index contributed by atoms with van der Waals surface area (Å²) in [6.07, 6.45) is 0.635. The van der Waals surface area contributed by atoms with Crippen molar-refractivity contribution in [2.24, 2.45) is 9.98 Å². The second-order valence-electron chi connectivity index (χ2n) is 5.93. The molecule has 12 nitrogen and oxygen atoms in total. The summed E-state index contributed by atoms with van der Waals surface area (Å²) in [6.45, 7) is -0.229. The van der Waals surface area contributed by atoms with Crippen LogP contribution < -0.4 is 10.6 Å². The first-order chi connectivity index (χ1) is 19.1. The first-order valence-corrected chi connectivity index (χ1v) is 21.3. The lowest BCUT2D eigenvalue weighted by atomic mass is 10.8. The summed E-state index contributed by atoms with van der Waals surface area (Å²) in [5, 5.41) is 26.7. The van der Waals surface area contributed by atoms with Crippen LogP contribution in [0.5, 0.6) is 0 Å². The number of carbonyl (C=O) groups is 2. The van der Waals surface area contributed by atoms with Gasteiger partial charge < -0.3 is 30.5 Å². The van der Waals surface area contributed by atoms with Gasteiger partial charge in [-0.15, -0.1) is 82.3 Å². The van der Waals surface area contributed by atoms with Crippen LogP contribution in [-0.2, 0) is 25.3 Å². The molecule has 4 N–H and O–H groups in total. The maximum Gasteiger partial charge on any atom is 0.407 e. The molecule has 0 aliphatic heterocycles. The highest BCUT2D eigenvalue weighted by atomic mass is 32.3. The number of alkyl carbamates (subject to hydrolysis) is 1. The van der Waals surface area contributed by atoms with Crippen molar-refractivity contribution < 1.29 is 38.5 Å². The molecule has 0 aromatic carbocycles. The fourth-order valence-electron chi connectivity index (χ4n) is 1.56. The first-order valence-electron chi connectivity index (χ1n) is 10.8. The molecule has 0 aromatic heterocycles. The molecule has 0 fully saturated rings. The number of amides is 2. The molecule has 0 spiro atoms. The Balaban J connectivity index is 3.39. The fraction of sp³-hybridized carbons (Fsp3) is 0.778. The molecule has 0 aliphatic carbocycles.